The van der Waals surface area contributed by atoms with Gasteiger partial charge < -0.3 is 20.1 Å². The molecule has 0 saturated carbocycles. The molecule has 0 aliphatic rings. The van der Waals surface area contributed by atoms with Crippen molar-refractivity contribution in [1.82, 2.24) is 0 Å². The SMILES string of the molecule is C=CCOC(=O)C(C(=O)O)=C(CC(=O)O)C(=O)O. The third-order valence-electron chi connectivity index (χ3n) is 1.64. The molecule has 0 saturated heterocycles. The molecule has 0 unspecified atom stereocenters. The molecule has 0 aliphatic carbocycles. The van der Waals surface area contributed by atoms with Crippen molar-refractivity contribution >= 4 is 23.9 Å². The number of carboxylic acids is 3. The van der Waals surface area contributed by atoms with Gasteiger partial charge >= 0.3 is 23.9 Å². The fraction of sp³-hybridized carbons (Fsp3) is 0.200. The summed E-state index contributed by atoms with van der Waals surface area (Å²) < 4.78 is 4.38. The second kappa shape index (κ2) is 6.84. The van der Waals surface area contributed by atoms with Crippen LogP contribution >= 0.6 is 0 Å². The fourth-order valence-corrected chi connectivity index (χ4v) is 0.969. The first kappa shape index (κ1) is 15.4. The van der Waals surface area contributed by atoms with Gasteiger partial charge in [-0.15, -0.1) is 0 Å². The van der Waals surface area contributed by atoms with Crippen molar-refractivity contribution < 1.29 is 39.2 Å². The lowest BCUT2D eigenvalue weighted by atomic mass is 10.1. The smallest absolute Gasteiger partial charge is 0.346 e. The zero-order valence-corrected chi connectivity index (χ0v) is 9.08. The van der Waals surface area contributed by atoms with Crippen molar-refractivity contribution in [2.24, 2.45) is 0 Å². The van der Waals surface area contributed by atoms with Gasteiger partial charge in [0.1, 0.15) is 6.61 Å². The number of carbonyl (C=O) groups is 4. The van der Waals surface area contributed by atoms with Crippen molar-refractivity contribution in [3.63, 3.8) is 0 Å². The maximum absolute atomic E-state index is 11.3. The highest BCUT2D eigenvalue weighted by Crippen LogP contribution is 2.12. The Balaban J connectivity index is 5.53. The van der Waals surface area contributed by atoms with Crippen LogP contribution in [0.5, 0.6) is 0 Å². The predicted octanol–water partition coefficient (Wildman–Crippen LogP) is -0.344. The Morgan fingerprint density at radius 3 is 1.94 bits per heavy atom. The summed E-state index contributed by atoms with van der Waals surface area (Å²) in [7, 11) is 0. The van der Waals surface area contributed by atoms with E-state index in [9.17, 15) is 19.2 Å². The summed E-state index contributed by atoms with van der Waals surface area (Å²) in [4.78, 5) is 43.3. The number of carboxylic acid groups (broad SMARTS) is 3. The minimum Gasteiger partial charge on any atom is -0.481 e. The molecule has 3 N–H and O–H groups in total. The number of hydrogen-bond donors (Lipinski definition) is 3. The number of ether oxygens (including phenoxy) is 1. The van der Waals surface area contributed by atoms with Crippen LogP contribution in [-0.4, -0.2) is 45.8 Å². The van der Waals surface area contributed by atoms with Crippen LogP contribution in [0.2, 0.25) is 0 Å². The largest absolute Gasteiger partial charge is 0.481 e. The van der Waals surface area contributed by atoms with E-state index in [0.29, 0.717) is 0 Å². The van der Waals surface area contributed by atoms with Crippen molar-refractivity contribution in [3.05, 3.63) is 23.8 Å². The summed E-state index contributed by atoms with van der Waals surface area (Å²) in [5.41, 5.74) is -2.27. The van der Waals surface area contributed by atoms with Crippen LogP contribution in [0.1, 0.15) is 6.42 Å². The van der Waals surface area contributed by atoms with E-state index in [0.717, 1.165) is 6.08 Å². The van der Waals surface area contributed by atoms with E-state index < -0.39 is 41.4 Å². The highest BCUT2D eigenvalue weighted by Gasteiger charge is 2.29. The maximum Gasteiger partial charge on any atom is 0.346 e. The second-order valence-electron chi connectivity index (χ2n) is 2.92. The second-order valence-corrected chi connectivity index (χ2v) is 2.92. The highest BCUT2D eigenvalue weighted by molar-refractivity contribution is 6.18. The first-order chi connectivity index (χ1) is 8.31. The zero-order chi connectivity index (χ0) is 14.3. The molecule has 0 aliphatic heterocycles. The third kappa shape index (κ3) is 4.47. The molecule has 0 spiro atoms. The van der Waals surface area contributed by atoms with E-state index in [1.807, 2.05) is 0 Å². The normalized spacial score (nSPS) is 11.1. The monoisotopic (exact) mass is 258 g/mol. The summed E-state index contributed by atoms with van der Waals surface area (Å²) >= 11 is 0. The first-order valence-corrected chi connectivity index (χ1v) is 4.50. The molecule has 0 radical (unpaired) electrons. The number of esters is 1. The summed E-state index contributed by atoms with van der Waals surface area (Å²) in [6.45, 7) is 2.89. The Hall–Kier alpha value is -2.64. The Kier molecular flexibility index (Phi) is 5.84. The molecule has 0 heterocycles. The van der Waals surface area contributed by atoms with Crippen LogP contribution in [0.3, 0.4) is 0 Å². The third-order valence-corrected chi connectivity index (χ3v) is 1.64. The van der Waals surface area contributed by atoms with Crippen molar-refractivity contribution in [3.8, 4) is 0 Å². The molecule has 18 heavy (non-hydrogen) atoms. The number of carbonyl (C=O) groups excluding carboxylic acids is 1. The molecule has 0 bridgehead atoms. The lowest BCUT2D eigenvalue weighted by Gasteiger charge is -2.06. The van der Waals surface area contributed by atoms with E-state index in [4.69, 9.17) is 15.3 Å². The van der Waals surface area contributed by atoms with Gasteiger partial charge in [0.15, 0.2) is 5.57 Å². The van der Waals surface area contributed by atoms with Gasteiger partial charge in [-0.1, -0.05) is 12.7 Å². The molecule has 0 aromatic rings. The molecule has 0 aromatic carbocycles. The Morgan fingerprint density at radius 1 is 1.06 bits per heavy atom. The summed E-state index contributed by atoms with van der Waals surface area (Å²) in [5, 5.41) is 25.9. The van der Waals surface area contributed by atoms with Crippen LogP contribution in [0.4, 0.5) is 0 Å². The lowest BCUT2D eigenvalue weighted by Crippen LogP contribution is -2.22. The molecule has 98 valence electrons. The minimum absolute atomic E-state index is 0.324. The van der Waals surface area contributed by atoms with E-state index >= 15 is 0 Å². The molecule has 0 fully saturated rings. The van der Waals surface area contributed by atoms with Crippen molar-refractivity contribution in [2.75, 3.05) is 6.61 Å². The van der Waals surface area contributed by atoms with Crippen molar-refractivity contribution in [2.45, 2.75) is 6.42 Å². The van der Waals surface area contributed by atoms with Gasteiger partial charge in [-0.3, -0.25) is 4.79 Å². The molecule has 0 atom stereocenters. The summed E-state index contributed by atoms with van der Waals surface area (Å²) in [6.07, 6.45) is 0.0369. The number of rotatable bonds is 7. The van der Waals surface area contributed by atoms with Gasteiger partial charge in [0.2, 0.25) is 0 Å². The average molecular weight is 258 g/mol. The lowest BCUT2D eigenvalue weighted by molar-refractivity contribution is -0.145. The van der Waals surface area contributed by atoms with E-state index in [2.05, 4.69) is 11.3 Å². The summed E-state index contributed by atoms with van der Waals surface area (Å²) in [5.74, 6) is -6.70. The Morgan fingerprint density at radius 2 is 1.61 bits per heavy atom. The zero-order valence-electron chi connectivity index (χ0n) is 9.08. The van der Waals surface area contributed by atoms with E-state index in [1.165, 1.54) is 0 Å². The first-order valence-electron chi connectivity index (χ1n) is 4.50. The van der Waals surface area contributed by atoms with E-state index in [1.54, 1.807) is 0 Å². The van der Waals surface area contributed by atoms with Gasteiger partial charge in [-0.2, -0.15) is 0 Å². The molecule has 0 rings (SSSR count). The summed E-state index contributed by atoms with van der Waals surface area (Å²) in [6, 6.07) is 0. The van der Waals surface area contributed by atoms with Crippen LogP contribution in [0, 0.1) is 0 Å². The van der Waals surface area contributed by atoms with Gasteiger partial charge in [-0.25, -0.2) is 14.4 Å². The van der Waals surface area contributed by atoms with E-state index in [-0.39, 0.29) is 6.61 Å². The Bertz CT molecular complexity index is 431. The van der Waals surface area contributed by atoms with Gasteiger partial charge in [0.05, 0.1) is 12.0 Å². The Labute approximate surface area is 101 Å². The number of aliphatic carboxylic acids is 3. The molecule has 8 nitrogen and oxygen atoms in total. The predicted molar refractivity (Wildman–Crippen MR) is 55.7 cm³/mol. The molecule has 8 heteroatoms. The fourth-order valence-electron chi connectivity index (χ4n) is 0.969. The topological polar surface area (TPSA) is 138 Å². The quantitative estimate of drug-likeness (QED) is 0.185. The minimum atomic E-state index is -1.87. The van der Waals surface area contributed by atoms with Gasteiger partial charge in [-0.05, 0) is 0 Å². The molecule has 0 aromatic heterocycles. The number of hydrogen-bond acceptors (Lipinski definition) is 5. The average Bonchev–Trinajstić information content (AvgIpc) is 2.24. The van der Waals surface area contributed by atoms with Gasteiger partial charge in [0.25, 0.3) is 0 Å². The molecule has 0 amide bonds. The van der Waals surface area contributed by atoms with Crippen LogP contribution in [0.25, 0.3) is 0 Å². The molecular weight excluding hydrogens is 248 g/mol. The van der Waals surface area contributed by atoms with Crippen molar-refractivity contribution in [1.29, 1.82) is 0 Å². The highest BCUT2D eigenvalue weighted by atomic mass is 16.5. The molecular formula is C10H10O8. The van der Waals surface area contributed by atoms with Gasteiger partial charge in [0, 0.05) is 0 Å². The maximum atomic E-state index is 11.3. The van der Waals surface area contributed by atoms with Crippen LogP contribution in [-0.2, 0) is 23.9 Å². The van der Waals surface area contributed by atoms with Crippen LogP contribution < -0.4 is 0 Å². The van der Waals surface area contributed by atoms with Crippen LogP contribution in [0.15, 0.2) is 23.8 Å². The standard InChI is InChI=1S/C10H10O8/c1-2-3-18-10(17)7(9(15)16)5(8(13)14)4-6(11)12/h2H,1,3-4H2,(H,11,12)(H,13,14)(H,15,16).